The summed E-state index contributed by atoms with van der Waals surface area (Å²) in [6.45, 7) is 2.57. The molecule has 2 atom stereocenters. The Labute approximate surface area is 90.6 Å². The van der Waals surface area contributed by atoms with E-state index >= 15 is 0 Å². The highest BCUT2D eigenvalue weighted by atomic mass is 35.5. The smallest absolute Gasteiger partial charge is 0.239 e. The van der Waals surface area contributed by atoms with Gasteiger partial charge in [0.15, 0.2) is 0 Å². The fourth-order valence-electron chi connectivity index (χ4n) is 2.10. The van der Waals surface area contributed by atoms with Crippen LogP contribution in [0, 0.1) is 0 Å². The lowest BCUT2D eigenvalue weighted by molar-refractivity contribution is -0.132. The molecular weight excluding hydrogens is 202 g/mol. The third-order valence-electron chi connectivity index (χ3n) is 2.89. The van der Waals surface area contributed by atoms with Crippen LogP contribution in [0.1, 0.15) is 19.3 Å². The van der Waals surface area contributed by atoms with Crippen LogP contribution in [0.25, 0.3) is 0 Å². The number of hydrogen-bond acceptors (Lipinski definition) is 3. The number of nitrogens with two attached hydrogens (primary N) is 1. The second kappa shape index (κ2) is 4.96. The molecule has 0 aromatic carbocycles. The standard InChI is InChI=1S/C9H17N3O.ClH/c10-7-3-5-12(6-7)9(13)8-2-1-4-11-8;/h7-8,11H,1-6,10H2;1H/t7-,8+;/m1./s1. The molecule has 0 spiro atoms. The first-order valence-corrected chi connectivity index (χ1v) is 5.05. The number of nitrogens with zero attached hydrogens (tertiary/aromatic N) is 1. The van der Waals surface area contributed by atoms with Crippen molar-refractivity contribution in [2.45, 2.75) is 31.3 Å². The highest BCUT2D eigenvalue weighted by Crippen LogP contribution is 2.13. The maximum Gasteiger partial charge on any atom is 0.239 e. The van der Waals surface area contributed by atoms with Gasteiger partial charge in [-0.25, -0.2) is 0 Å². The van der Waals surface area contributed by atoms with Crippen molar-refractivity contribution in [2.24, 2.45) is 5.73 Å². The van der Waals surface area contributed by atoms with Crippen molar-refractivity contribution in [3.63, 3.8) is 0 Å². The lowest BCUT2D eigenvalue weighted by atomic mass is 10.2. The van der Waals surface area contributed by atoms with Gasteiger partial charge >= 0.3 is 0 Å². The number of carbonyl (C=O) groups is 1. The summed E-state index contributed by atoms with van der Waals surface area (Å²) in [7, 11) is 0. The van der Waals surface area contributed by atoms with Gasteiger partial charge in [-0.3, -0.25) is 4.79 Å². The summed E-state index contributed by atoms with van der Waals surface area (Å²) < 4.78 is 0. The van der Waals surface area contributed by atoms with Crippen molar-refractivity contribution in [2.75, 3.05) is 19.6 Å². The third-order valence-corrected chi connectivity index (χ3v) is 2.89. The van der Waals surface area contributed by atoms with E-state index in [-0.39, 0.29) is 30.4 Å². The minimum absolute atomic E-state index is 0. The average Bonchev–Trinajstić information content (AvgIpc) is 2.72. The van der Waals surface area contributed by atoms with Gasteiger partial charge in [0.05, 0.1) is 6.04 Å². The summed E-state index contributed by atoms with van der Waals surface area (Å²) >= 11 is 0. The van der Waals surface area contributed by atoms with Gasteiger partial charge in [-0.1, -0.05) is 0 Å². The predicted octanol–water partition coefficient (Wildman–Crippen LogP) is -0.280. The Morgan fingerprint density at radius 1 is 1.43 bits per heavy atom. The minimum atomic E-state index is 0. The van der Waals surface area contributed by atoms with Crippen molar-refractivity contribution < 1.29 is 4.79 Å². The molecule has 0 bridgehead atoms. The van der Waals surface area contributed by atoms with E-state index in [1.807, 2.05) is 4.90 Å². The first kappa shape index (κ1) is 11.8. The van der Waals surface area contributed by atoms with Crippen LogP contribution >= 0.6 is 12.4 Å². The van der Waals surface area contributed by atoms with Crippen LogP contribution in [0.15, 0.2) is 0 Å². The molecule has 4 nitrogen and oxygen atoms in total. The molecule has 0 aromatic heterocycles. The summed E-state index contributed by atoms with van der Waals surface area (Å²) in [5, 5.41) is 3.22. The lowest BCUT2D eigenvalue weighted by Gasteiger charge is -2.19. The Bertz CT molecular complexity index is 206. The van der Waals surface area contributed by atoms with Crippen molar-refractivity contribution in [3.8, 4) is 0 Å². The fourth-order valence-corrected chi connectivity index (χ4v) is 2.10. The van der Waals surface area contributed by atoms with Gasteiger partial charge in [-0.05, 0) is 25.8 Å². The van der Waals surface area contributed by atoms with E-state index in [1.54, 1.807) is 0 Å². The lowest BCUT2D eigenvalue weighted by Crippen LogP contribution is -2.43. The maximum atomic E-state index is 11.8. The largest absolute Gasteiger partial charge is 0.340 e. The first-order chi connectivity index (χ1) is 6.27. The topological polar surface area (TPSA) is 58.4 Å². The number of halogens is 1. The zero-order valence-electron chi connectivity index (χ0n) is 8.24. The summed E-state index contributed by atoms with van der Waals surface area (Å²) in [5.41, 5.74) is 5.75. The number of likely N-dealkylation sites (tertiary alicyclic amines) is 1. The van der Waals surface area contributed by atoms with Gasteiger partial charge in [0.1, 0.15) is 0 Å². The molecule has 5 heteroatoms. The highest BCUT2D eigenvalue weighted by Gasteiger charge is 2.30. The monoisotopic (exact) mass is 219 g/mol. The van der Waals surface area contributed by atoms with Crippen LogP contribution in [0.3, 0.4) is 0 Å². The van der Waals surface area contributed by atoms with E-state index in [0.29, 0.717) is 0 Å². The Morgan fingerprint density at radius 2 is 2.21 bits per heavy atom. The summed E-state index contributed by atoms with van der Waals surface area (Å²) in [5.74, 6) is 0.255. The average molecular weight is 220 g/mol. The van der Waals surface area contributed by atoms with E-state index in [1.165, 1.54) is 0 Å². The van der Waals surface area contributed by atoms with Gasteiger partial charge in [0.2, 0.25) is 5.91 Å². The molecule has 2 rings (SSSR count). The van der Waals surface area contributed by atoms with E-state index in [0.717, 1.165) is 38.9 Å². The van der Waals surface area contributed by atoms with Crippen LogP contribution in [0.2, 0.25) is 0 Å². The molecule has 2 aliphatic heterocycles. The van der Waals surface area contributed by atoms with Crippen LogP contribution in [0.5, 0.6) is 0 Å². The van der Waals surface area contributed by atoms with Crippen LogP contribution in [-0.2, 0) is 4.79 Å². The van der Waals surface area contributed by atoms with Crippen LogP contribution < -0.4 is 11.1 Å². The second-order valence-corrected chi connectivity index (χ2v) is 3.98. The molecule has 2 aliphatic rings. The normalized spacial score (nSPS) is 31.6. The minimum Gasteiger partial charge on any atom is -0.340 e. The SMILES string of the molecule is Cl.N[C@@H]1CCN(C(=O)[C@@H]2CCCN2)C1. The Kier molecular flexibility index (Phi) is 4.16. The molecule has 2 heterocycles. The molecule has 0 saturated carbocycles. The predicted molar refractivity (Wildman–Crippen MR) is 57.4 cm³/mol. The summed E-state index contributed by atoms with van der Waals surface area (Å²) in [6, 6.07) is 0.274. The summed E-state index contributed by atoms with van der Waals surface area (Å²) in [4.78, 5) is 13.7. The van der Waals surface area contributed by atoms with E-state index < -0.39 is 0 Å². The maximum absolute atomic E-state index is 11.8. The molecule has 2 saturated heterocycles. The van der Waals surface area contributed by atoms with Crippen molar-refractivity contribution in [3.05, 3.63) is 0 Å². The molecule has 0 unspecified atom stereocenters. The number of rotatable bonds is 1. The molecule has 82 valence electrons. The quantitative estimate of drug-likeness (QED) is 0.638. The van der Waals surface area contributed by atoms with Crippen LogP contribution in [0.4, 0.5) is 0 Å². The molecule has 1 amide bonds. The number of amides is 1. The first-order valence-electron chi connectivity index (χ1n) is 5.05. The second-order valence-electron chi connectivity index (χ2n) is 3.98. The highest BCUT2D eigenvalue weighted by molar-refractivity contribution is 5.85. The van der Waals surface area contributed by atoms with Crippen molar-refractivity contribution >= 4 is 18.3 Å². The molecule has 0 aliphatic carbocycles. The van der Waals surface area contributed by atoms with E-state index in [2.05, 4.69) is 5.32 Å². The van der Waals surface area contributed by atoms with Crippen LogP contribution in [-0.4, -0.2) is 42.5 Å². The van der Waals surface area contributed by atoms with E-state index in [4.69, 9.17) is 5.73 Å². The molecule has 0 radical (unpaired) electrons. The number of carbonyl (C=O) groups excluding carboxylic acids is 1. The van der Waals surface area contributed by atoms with Gasteiger partial charge in [-0.15, -0.1) is 12.4 Å². The molecule has 3 N–H and O–H groups in total. The molecule has 2 fully saturated rings. The van der Waals surface area contributed by atoms with Gasteiger partial charge < -0.3 is 16.0 Å². The number of nitrogens with one attached hydrogen (secondary N) is 1. The van der Waals surface area contributed by atoms with Crippen molar-refractivity contribution in [1.29, 1.82) is 0 Å². The molecule has 0 aromatic rings. The Morgan fingerprint density at radius 3 is 2.71 bits per heavy atom. The van der Waals surface area contributed by atoms with Gasteiger partial charge in [-0.2, -0.15) is 0 Å². The number of hydrogen-bond donors (Lipinski definition) is 2. The zero-order chi connectivity index (χ0) is 9.26. The zero-order valence-corrected chi connectivity index (χ0v) is 9.05. The third kappa shape index (κ3) is 2.38. The molecular formula is C9H18ClN3O. The summed E-state index contributed by atoms with van der Waals surface area (Å²) in [6.07, 6.45) is 3.07. The van der Waals surface area contributed by atoms with E-state index in [9.17, 15) is 4.79 Å². The Balaban J connectivity index is 0.000000980. The molecule has 14 heavy (non-hydrogen) atoms. The van der Waals surface area contributed by atoms with Crippen molar-refractivity contribution in [1.82, 2.24) is 10.2 Å². The Hall–Kier alpha value is -0.320. The van der Waals surface area contributed by atoms with Gasteiger partial charge in [0.25, 0.3) is 0 Å². The fraction of sp³-hybridized carbons (Fsp3) is 0.889. The van der Waals surface area contributed by atoms with Gasteiger partial charge in [0, 0.05) is 19.1 Å².